The maximum atomic E-state index is 15.1. The van der Waals surface area contributed by atoms with Gasteiger partial charge in [-0.1, -0.05) is 25.5 Å². The lowest BCUT2D eigenvalue weighted by Gasteiger charge is -2.59. The highest BCUT2D eigenvalue weighted by Gasteiger charge is 2.76. The molecule has 6 rings (SSSR count). The minimum atomic E-state index is -1.58. The first-order valence-electron chi connectivity index (χ1n) is 13.7. The molecule has 8 nitrogen and oxygen atoms in total. The van der Waals surface area contributed by atoms with Gasteiger partial charge in [-0.05, 0) is 61.8 Å². The van der Waals surface area contributed by atoms with E-state index in [1.165, 1.54) is 26.3 Å². The van der Waals surface area contributed by atoms with E-state index in [0.29, 0.717) is 30.4 Å². The summed E-state index contributed by atoms with van der Waals surface area (Å²) in [5, 5.41) is 13.2. The third-order valence-corrected chi connectivity index (χ3v) is 11.3. The van der Waals surface area contributed by atoms with Crippen LogP contribution in [0.5, 0.6) is 5.75 Å². The number of amides is 1. The normalized spacial score (nSPS) is 41.4. The molecule has 40 heavy (non-hydrogen) atoms. The first-order valence-corrected chi connectivity index (χ1v) is 14.5. The Morgan fingerprint density at radius 3 is 2.75 bits per heavy atom. The quantitative estimate of drug-likeness (QED) is 0.547. The van der Waals surface area contributed by atoms with Crippen molar-refractivity contribution < 1.29 is 38.1 Å². The molecule has 9 atom stereocenters. The molecule has 3 unspecified atom stereocenters. The first kappa shape index (κ1) is 27.6. The summed E-state index contributed by atoms with van der Waals surface area (Å²) in [5.41, 5.74) is -1.77. The number of ether oxygens (including phenoxy) is 3. The molecule has 1 aliphatic heterocycles. The van der Waals surface area contributed by atoms with Crippen LogP contribution in [0.2, 0.25) is 0 Å². The van der Waals surface area contributed by atoms with Crippen LogP contribution in [0.25, 0.3) is 0 Å². The molecule has 1 aromatic carbocycles. The van der Waals surface area contributed by atoms with E-state index in [0.717, 1.165) is 12.0 Å². The predicted molar refractivity (Wildman–Crippen MR) is 145 cm³/mol. The fraction of sp³-hybridized carbons (Fsp3) is 0.567. The molecular formula is C30H34FNO7S. The van der Waals surface area contributed by atoms with Gasteiger partial charge in [0.15, 0.2) is 17.7 Å². The first-order chi connectivity index (χ1) is 19.0. The van der Waals surface area contributed by atoms with Crippen LogP contribution in [0.4, 0.5) is 9.18 Å². The van der Waals surface area contributed by atoms with Gasteiger partial charge in [-0.15, -0.1) is 0 Å². The molecule has 1 heterocycles. The van der Waals surface area contributed by atoms with Gasteiger partial charge in [0.05, 0.1) is 19.3 Å². The summed E-state index contributed by atoms with van der Waals surface area (Å²) in [6, 6.07) is 4.35. The van der Waals surface area contributed by atoms with E-state index < -0.39 is 51.1 Å². The Kier molecular flexibility index (Phi) is 6.57. The van der Waals surface area contributed by atoms with Gasteiger partial charge in [-0.25, -0.2) is 4.39 Å². The summed E-state index contributed by atoms with van der Waals surface area (Å²) in [4.78, 5) is 38.6. The van der Waals surface area contributed by atoms with Crippen molar-refractivity contribution in [1.82, 2.24) is 5.32 Å². The fourth-order valence-corrected chi connectivity index (χ4v) is 9.43. The highest BCUT2D eigenvalue weighted by Crippen LogP contribution is 2.71. The number of fused-ring (bicyclic) bond motifs is 7. The minimum Gasteiger partial charge on any atom is -0.497 e. The molecule has 3 saturated carbocycles. The van der Waals surface area contributed by atoms with E-state index in [4.69, 9.17) is 14.2 Å². The Hall–Kier alpha value is -2.53. The van der Waals surface area contributed by atoms with Crippen LogP contribution < -0.4 is 10.1 Å². The number of rotatable bonds is 3. The number of ketones is 1. The third kappa shape index (κ3) is 3.72. The molecule has 10 heteroatoms. The van der Waals surface area contributed by atoms with Crippen LogP contribution >= 0.6 is 11.8 Å². The zero-order valence-corrected chi connectivity index (χ0v) is 23.8. The lowest BCUT2D eigenvalue weighted by molar-refractivity contribution is -0.195. The number of carbonyl (C=O) groups is 3. The van der Waals surface area contributed by atoms with Crippen molar-refractivity contribution in [3.63, 3.8) is 0 Å². The Morgan fingerprint density at radius 2 is 2.05 bits per heavy atom. The van der Waals surface area contributed by atoms with Gasteiger partial charge in [0.1, 0.15) is 11.6 Å². The summed E-state index contributed by atoms with van der Waals surface area (Å²) in [7, 11) is 2.89. The topological polar surface area (TPSA) is 111 Å². The van der Waals surface area contributed by atoms with Gasteiger partial charge in [0.2, 0.25) is 5.12 Å². The molecule has 214 valence electrons. The molecule has 2 N–H and O–H groups in total. The molecule has 1 aromatic rings. The van der Waals surface area contributed by atoms with Gasteiger partial charge >= 0.3 is 0 Å². The van der Waals surface area contributed by atoms with Crippen molar-refractivity contribution in [1.29, 1.82) is 0 Å². The largest absolute Gasteiger partial charge is 0.497 e. The zero-order chi connectivity index (χ0) is 28.6. The van der Waals surface area contributed by atoms with Crippen LogP contribution in [0.3, 0.4) is 0 Å². The van der Waals surface area contributed by atoms with Gasteiger partial charge in [-0.3, -0.25) is 14.4 Å². The standard InChI is InChI=1S/C30H34FNO7S/c1-28-10-9-16(33)11-15(28)5-7-18-20-13-23-30(26(35)40-27(36)32-3,29(20,2)14-22(34)24(18)28)39-25(38-23)19-8-6-17(37-4)12-21(19)31/h6,8-12,18,20,22-25,34H,5,7,13-14H2,1-4H3,(H,32,36)/t18-,20-,22-,23+,24+,25?,28?,29-,30?/m0/s1. The summed E-state index contributed by atoms with van der Waals surface area (Å²) in [5.74, 6) is -0.474. The molecule has 1 saturated heterocycles. The number of halogens is 1. The molecule has 1 amide bonds. The monoisotopic (exact) mass is 571 g/mol. The number of hydrogen-bond donors (Lipinski definition) is 2. The fourth-order valence-electron chi connectivity index (χ4n) is 8.59. The van der Waals surface area contributed by atoms with Crippen molar-refractivity contribution in [2.45, 2.75) is 63.6 Å². The van der Waals surface area contributed by atoms with Crippen LogP contribution in [-0.4, -0.2) is 53.2 Å². The number of carbonyl (C=O) groups excluding carboxylic acids is 3. The van der Waals surface area contributed by atoms with Crippen LogP contribution in [0.15, 0.2) is 42.0 Å². The number of thioether (sulfide) groups is 1. The van der Waals surface area contributed by atoms with Crippen LogP contribution in [0.1, 0.15) is 51.4 Å². The highest BCUT2D eigenvalue weighted by atomic mass is 32.2. The molecule has 0 bridgehead atoms. The summed E-state index contributed by atoms with van der Waals surface area (Å²) < 4.78 is 33.1. The lowest BCUT2D eigenvalue weighted by Crippen LogP contribution is -2.62. The number of allylic oxidation sites excluding steroid dienone is 4. The zero-order valence-electron chi connectivity index (χ0n) is 22.9. The SMILES string of the molecule is CNC(=O)SC(=O)C12OC(c3ccc(OC)cc3F)O[C@@H]1C[C@H]1[C@@H]3CCC4=CC(=O)C=CC4(C)[C@H]3[C@@H](O)C[C@@]12C. The molecule has 5 aliphatic rings. The van der Waals surface area contributed by atoms with Crippen molar-refractivity contribution in [3.8, 4) is 5.75 Å². The molecule has 4 fully saturated rings. The minimum absolute atomic E-state index is 0.0254. The van der Waals surface area contributed by atoms with E-state index in [1.54, 1.807) is 18.2 Å². The van der Waals surface area contributed by atoms with Gasteiger partial charge in [0, 0.05) is 47.2 Å². The predicted octanol–water partition coefficient (Wildman–Crippen LogP) is 4.47. The highest BCUT2D eigenvalue weighted by molar-refractivity contribution is 8.26. The van der Waals surface area contributed by atoms with E-state index in [-0.39, 0.29) is 35.5 Å². The average Bonchev–Trinajstić information content (AvgIpc) is 3.41. The number of aliphatic hydroxyl groups excluding tert-OH is 1. The second kappa shape index (κ2) is 9.51. The van der Waals surface area contributed by atoms with E-state index in [9.17, 15) is 19.5 Å². The third-order valence-electron chi connectivity index (χ3n) is 10.4. The summed E-state index contributed by atoms with van der Waals surface area (Å²) >= 11 is 0.527. The smallest absolute Gasteiger partial charge is 0.286 e. The molecular weight excluding hydrogens is 537 g/mol. The van der Waals surface area contributed by atoms with Crippen molar-refractivity contribution >= 4 is 27.9 Å². The number of methoxy groups -OCH3 is 1. The Morgan fingerprint density at radius 1 is 1.27 bits per heavy atom. The number of nitrogens with one attached hydrogen (secondary N) is 1. The Balaban J connectivity index is 1.41. The van der Waals surface area contributed by atoms with Crippen molar-refractivity contribution in [2.75, 3.05) is 14.2 Å². The van der Waals surface area contributed by atoms with Crippen molar-refractivity contribution in [2.24, 2.45) is 28.6 Å². The van der Waals surface area contributed by atoms with E-state index in [2.05, 4.69) is 12.2 Å². The van der Waals surface area contributed by atoms with Gasteiger partial charge in [0.25, 0.3) is 5.24 Å². The van der Waals surface area contributed by atoms with E-state index in [1.807, 2.05) is 13.0 Å². The summed E-state index contributed by atoms with van der Waals surface area (Å²) in [6.45, 7) is 4.03. The Bertz CT molecular complexity index is 1350. The van der Waals surface area contributed by atoms with E-state index >= 15 is 4.39 Å². The van der Waals surface area contributed by atoms with Crippen molar-refractivity contribution in [3.05, 3.63) is 53.4 Å². The molecule has 4 aliphatic carbocycles. The lowest BCUT2D eigenvalue weighted by atomic mass is 9.46. The number of benzene rings is 1. The maximum Gasteiger partial charge on any atom is 0.286 e. The van der Waals surface area contributed by atoms with Crippen LogP contribution in [0, 0.1) is 34.4 Å². The molecule has 0 spiro atoms. The summed E-state index contributed by atoms with van der Waals surface area (Å²) in [6.07, 6.45) is 4.69. The van der Waals surface area contributed by atoms with Crippen LogP contribution in [-0.2, 0) is 19.1 Å². The number of hydrogen-bond acceptors (Lipinski definition) is 8. The maximum absolute atomic E-state index is 15.1. The van der Waals surface area contributed by atoms with Gasteiger partial charge < -0.3 is 24.6 Å². The van der Waals surface area contributed by atoms with Gasteiger partial charge in [-0.2, -0.15) is 0 Å². The Labute approximate surface area is 236 Å². The number of aliphatic hydroxyl groups is 1. The second-order valence-corrected chi connectivity index (χ2v) is 13.0. The second-order valence-electron chi connectivity index (χ2n) is 12.1. The molecule has 0 radical (unpaired) electrons. The molecule has 0 aromatic heterocycles. The average molecular weight is 572 g/mol.